The van der Waals surface area contributed by atoms with Gasteiger partial charge in [-0.15, -0.1) is 11.6 Å². The van der Waals surface area contributed by atoms with E-state index in [2.05, 4.69) is 0 Å². The molecule has 0 aromatic carbocycles. The predicted molar refractivity (Wildman–Crippen MR) is 44.4 cm³/mol. The van der Waals surface area contributed by atoms with E-state index in [1.54, 1.807) is 13.8 Å². The van der Waals surface area contributed by atoms with Gasteiger partial charge in [-0.1, -0.05) is 13.8 Å². The van der Waals surface area contributed by atoms with Crippen molar-refractivity contribution < 1.29 is 9.36 Å². The van der Waals surface area contributed by atoms with Gasteiger partial charge in [0.1, 0.15) is 18.5 Å². The Morgan fingerprint density at radius 1 is 1.50 bits per heavy atom. The normalized spacial score (nSPS) is 14.7. The first kappa shape index (κ1) is 10.2. The van der Waals surface area contributed by atoms with Gasteiger partial charge < -0.3 is 9.36 Å². The summed E-state index contributed by atoms with van der Waals surface area (Å²) in [6, 6.07) is 0. The standard InChI is InChI=1S/C6H12ClO2P/c1-3-10(9,4-2)6(7)5-8/h5-6H,3-4H2,1-2H3. The summed E-state index contributed by atoms with van der Waals surface area (Å²) in [7, 11) is -2.37. The van der Waals surface area contributed by atoms with Crippen LogP contribution in [-0.4, -0.2) is 23.7 Å². The lowest BCUT2D eigenvalue weighted by atomic mass is 10.9. The molecule has 0 saturated carbocycles. The number of rotatable bonds is 4. The first-order chi connectivity index (χ1) is 4.60. The van der Waals surface area contributed by atoms with Gasteiger partial charge in [0.05, 0.1) is 0 Å². The van der Waals surface area contributed by atoms with Crippen molar-refractivity contribution in [1.82, 2.24) is 0 Å². The maximum absolute atomic E-state index is 11.5. The van der Waals surface area contributed by atoms with Crippen molar-refractivity contribution in [3.05, 3.63) is 0 Å². The van der Waals surface area contributed by atoms with Crippen LogP contribution in [0.15, 0.2) is 0 Å². The molecular weight excluding hydrogens is 170 g/mol. The maximum Gasteiger partial charge on any atom is 0.145 e. The summed E-state index contributed by atoms with van der Waals surface area (Å²) < 4.78 is 11.5. The lowest BCUT2D eigenvalue weighted by molar-refractivity contribution is -0.106. The van der Waals surface area contributed by atoms with E-state index in [1.807, 2.05) is 0 Å². The molecule has 0 aliphatic rings. The van der Waals surface area contributed by atoms with Crippen molar-refractivity contribution in [3.63, 3.8) is 0 Å². The number of hydrogen-bond donors (Lipinski definition) is 0. The van der Waals surface area contributed by atoms with Crippen LogP contribution in [0.2, 0.25) is 0 Å². The Hall–Kier alpha value is 0.190. The van der Waals surface area contributed by atoms with Crippen molar-refractivity contribution >= 4 is 25.0 Å². The Morgan fingerprint density at radius 2 is 1.90 bits per heavy atom. The molecular formula is C6H12ClO2P. The summed E-state index contributed by atoms with van der Waals surface area (Å²) in [5.74, 6) is 0. The number of aldehydes is 1. The van der Waals surface area contributed by atoms with Gasteiger partial charge in [-0.2, -0.15) is 0 Å². The summed E-state index contributed by atoms with van der Waals surface area (Å²) in [5, 5.41) is -0.775. The second-order valence-corrected chi connectivity index (χ2v) is 6.59. The van der Waals surface area contributed by atoms with E-state index in [-0.39, 0.29) is 0 Å². The molecule has 1 unspecified atom stereocenters. The fourth-order valence-electron chi connectivity index (χ4n) is 0.683. The van der Waals surface area contributed by atoms with E-state index in [0.29, 0.717) is 18.6 Å². The average Bonchev–Trinajstić information content (AvgIpc) is 2.01. The predicted octanol–water partition coefficient (Wildman–Crippen LogP) is 2.15. The van der Waals surface area contributed by atoms with E-state index >= 15 is 0 Å². The van der Waals surface area contributed by atoms with Gasteiger partial charge in [-0.25, -0.2) is 0 Å². The largest absolute Gasteiger partial charge is 0.322 e. The van der Waals surface area contributed by atoms with Crippen LogP contribution in [0.3, 0.4) is 0 Å². The number of carbonyl (C=O) groups excluding carboxylic acids is 1. The lowest BCUT2D eigenvalue weighted by Gasteiger charge is -2.14. The first-order valence-electron chi connectivity index (χ1n) is 3.27. The van der Waals surface area contributed by atoms with Gasteiger partial charge >= 0.3 is 0 Å². The molecule has 0 fully saturated rings. The van der Waals surface area contributed by atoms with Gasteiger partial charge in [0.25, 0.3) is 0 Å². The van der Waals surface area contributed by atoms with Crippen LogP contribution < -0.4 is 0 Å². The minimum atomic E-state index is -2.37. The van der Waals surface area contributed by atoms with Crippen LogP contribution in [0.4, 0.5) is 0 Å². The highest BCUT2D eigenvalue weighted by Gasteiger charge is 2.26. The second kappa shape index (κ2) is 4.15. The van der Waals surface area contributed by atoms with Gasteiger partial charge in [0, 0.05) is 0 Å². The molecule has 0 N–H and O–H groups in total. The first-order valence-corrected chi connectivity index (χ1v) is 5.86. The van der Waals surface area contributed by atoms with Crippen LogP contribution in [0.5, 0.6) is 0 Å². The van der Waals surface area contributed by atoms with Gasteiger partial charge in [0.15, 0.2) is 0 Å². The lowest BCUT2D eigenvalue weighted by Crippen LogP contribution is -2.05. The Labute approximate surface area is 66.3 Å². The molecule has 0 aliphatic heterocycles. The van der Waals surface area contributed by atoms with Crippen LogP contribution in [0.25, 0.3) is 0 Å². The van der Waals surface area contributed by atoms with Crippen LogP contribution in [0.1, 0.15) is 13.8 Å². The molecule has 10 heavy (non-hydrogen) atoms. The monoisotopic (exact) mass is 182 g/mol. The quantitative estimate of drug-likeness (QED) is 0.379. The Morgan fingerprint density at radius 3 is 2.00 bits per heavy atom. The molecule has 1 atom stereocenters. The third-order valence-corrected chi connectivity index (χ3v) is 5.96. The number of halogens is 1. The van der Waals surface area contributed by atoms with Crippen LogP contribution in [-0.2, 0) is 9.36 Å². The summed E-state index contributed by atoms with van der Waals surface area (Å²) in [4.78, 5) is 10.2. The summed E-state index contributed by atoms with van der Waals surface area (Å²) >= 11 is 5.54. The molecule has 0 rings (SSSR count). The third kappa shape index (κ3) is 2.10. The molecule has 0 radical (unpaired) electrons. The Balaban J connectivity index is 4.32. The van der Waals surface area contributed by atoms with E-state index in [9.17, 15) is 9.36 Å². The zero-order valence-corrected chi connectivity index (χ0v) is 7.86. The topological polar surface area (TPSA) is 34.1 Å². The Kier molecular flexibility index (Phi) is 4.23. The van der Waals surface area contributed by atoms with E-state index in [1.165, 1.54) is 0 Å². The van der Waals surface area contributed by atoms with Crippen molar-refractivity contribution in [2.45, 2.75) is 19.0 Å². The van der Waals surface area contributed by atoms with Crippen molar-refractivity contribution in [2.75, 3.05) is 12.3 Å². The maximum atomic E-state index is 11.5. The molecule has 2 nitrogen and oxygen atoms in total. The highest BCUT2D eigenvalue weighted by molar-refractivity contribution is 7.67. The minimum absolute atomic E-state index is 0.510. The molecule has 0 aromatic rings. The Bertz CT molecular complexity index is 150. The zero-order valence-electron chi connectivity index (χ0n) is 6.21. The van der Waals surface area contributed by atoms with Gasteiger partial charge in [-0.05, 0) is 12.3 Å². The van der Waals surface area contributed by atoms with Crippen molar-refractivity contribution in [2.24, 2.45) is 0 Å². The van der Waals surface area contributed by atoms with E-state index in [4.69, 9.17) is 11.6 Å². The van der Waals surface area contributed by atoms with Crippen molar-refractivity contribution in [1.29, 1.82) is 0 Å². The third-order valence-electron chi connectivity index (χ3n) is 1.63. The van der Waals surface area contributed by atoms with E-state index < -0.39 is 12.3 Å². The summed E-state index contributed by atoms with van der Waals surface area (Å²) in [6.07, 6.45) is 1.59. The molecule has 0 spiro atoms. The van der Waals surface area contributed by atoms with Crippen LogP contribution in [0, 0.1) is 0 Å². The number of alkyl halides is 1. The molecule has 0 saturated heterocycles. The zero-order chi connectivity index (χ0) is 8.20. The minimum Gasteiger partial charge on any atom is -0.322 e. The second-order valence-electron chi connectivity index (χ2n) is 2.09. The van der Waals surface area contributed by atoms with Gasteiger partial charge in [0.2, 0.25) is 0 Å². The fourth-order valence-corrected chi connectivity index (χ4v) is 2.88. The molecule has 60 valence electrons. The average molecular weight is 183 g/mol. The SMILES string of the molecule is CCP(=O)(CC)C(Cl)C=O. The van der Waals surface area contributed by atoms with Gasteiger partial charge in [-0.3, -0.25) is 0 Å². The van der Waals surface area contributed by atoms with Crippen LogP contribution >= 0.6 is 18.7 Å². The highest BCUT2D eigenvalue weighted by Crippen LogP contribution is 2.50. The molecule has 0 bridgehead atoms. The molecule has 0 amide bonds. The molecule has 4 heteroatoms. The summed E-state index contributed by atoms with van der Waals surface area (Å²) in [6.45, 7) is 3.59. The van der Waals surface area contributed by atoms with Crippen molar-refractivity contribution in [3.8, 4) is 0 Å². The molecule has 0 heterocycles. The molecule has 0 aromatic heterocycles. The number of hydrogen-bond acceptors (Lipinski definition) is 2. The fraction of sp³-hybridized carbons (Fsp3) is 0.833. The smallest absolute Gasteiger partial charge is 0.145 e. The summed E-state index contributed by atoms with van der Waals surface area (Å²) in [5.41, 5.74) is 0. The van der Waals surface area contributed by atoms with E-state index in [0.717, 1.165) is 0 Å². The highest BCUT2D eigenvalue weighted by atomic mass is 35.5. The molecule has 0 aliphatic carbocycles. The number of carbonyl (C=O) groups is 1.